The van der Waals surface area contributed by atoms with Crippen LogP contribution >= 0.6 is 0 Å². The number of aromatic nitrogens is 1. The van der Waals surface area contributed by atoms with Crippen LogP contribution in [0.3, 0.4) is 0 Å². The Balaban J connectivity index is 2.22. The first kappa shape index (κ1) is 8.99. The number of hydrogen-bond acceptors (Lipinski definition) is 4. The maximum absolute atomic E-state index is 11.3. The van der Waals surface area contributed by atoms with Gasteiger partial charge in [0.1, 0.15) is 0 Å². The molecule has 1 aromatic rings. The maximum Gasteiger partial charge on any atom is 0.358 e. The number of rotatable bonds is 3. The van der Waals surface area contributed by atoms with E-state index >= 15 is 0 Å². The Bertz CT molecular complexity index is 348. The molecule has 1 fully saturated rings. The normalized spacial score (nSPS) is 14.9. The molecule has 1 aliphatic carbocycles. The molecule has 0 atom stereocenters. The van der Waals surface area contributed by atoms with Gasteiger partial charge in [0.05, 0.1) is 12.8 Å². The molecule has 1 aliphatic rings. The van der Waals surface area contributed by atoms with Crippen molar-refractivity contribution in [3.05, 3.63) is 24.0 Å². The molecule has 1 saturated carbocycles. The van der Waals surface area contributed by atoms with E-state index in [0.717, 1.165) is 18.5 Å². The van der Waals surface area contributed by atoms with Gasteiger partial charge in [-0.1, -0.05) is 0 Å². The van der Waals surface area contributed by atoms with E-state index in [4.69, 9.17) is 0 Å². The molecule has 0 aliphatic heterocycles. The van der Waals surface area contributed by atoms with Crippen molar-refractivity contribution in [1.82, 2.24) is 4.98 Å². The minimum Gasteiger partial charge on any atom is -0.464 e. The van der Waals surface area contributed by atoms with Gasteiger partial charge in [-0.05, 0) is 25.0 Å². The summed E-state index contributed by atoms with van der Waals surface area (Å²) in [7, 11) is 1.36. The van der Waals surface area contributed by atoms with Crippen molar-refractivity contribution in [2.24, 2.45) is 0 Å². The molecule has 74 valence electrons. The summed E-state index contributed by atoms with van der Waals surface area (Å²) >= 11 is 0. The molecule has 1 heterocycles. The summed E-state index contributed by atoms with van der Waals surface area (Å²) in [6, 6.07) is 4.15. The van der Waals surface area contributed by atoms with Crippen LogP contribution in [-0.4, -0.2) is 24.1 Å². The summed E-state index contributed by atoms with van der Waals surface area (Å²) in [4.78, 5) is 15.3. The van der Waals surface area contributed by atoms with Crippen LogP contribution in [0.15, 0.2) is 18.3 Å². The minimum absolute atomic E-state index is 0.363. The highest BCUT2D eigenvalue weighted by Gasteiger charge is 2.23. The van der Waals surface area contributed by atoms with Crippen LogP contribution in [0.5, 0.6) is 0 Å². The van der Waals surface area contributed by atoms with Crippen LogP contribution in [-0.2, 0) is 4.74 Å². The number of hydrogen-bond donors (Lipinski definition) is 1. The molecule has 0 aromatic carbocycles. The number of methoxy groups -OCH3 is 1. The lowest BCUT2D eigenvalue weighted by Gasteiger charge is -2.07. The van der Waals surface area contributed by atoms with Gasteiger partial charge >= 0.3 is 5.97 Å². The Morgan fingerprint density at radius 3 is 3.07 bits per heavy atom. The lowest BCUT2D eigenvalue weighted by molar-refractivity contribution is 0.0595. The second-order valence-electron chi connectivity index (χ2n) is 3.31. The van der Waals surface area contributed by atoms with Gasteiger partial charge in [-0.25, -0.2) is 9.78 Å². The van der Waals surface area contributed by atoms with E-state index in [9.17, 15) is 4.79 Å². The molecule has 0 radical (unpaired) electrons. The maximum atomic E-state index is 11.3. The van der Waals surface area contributed by atoms with E-state index in [2.05, 4.69) is 15.0 Å². The number of nitrogens with zero attached hydrogens (tertiary/aromatic N) is 1. The van der Waals surface area contributed by atoms with E-state index in [1.165, 1.54) is 7.11 Å². The number of nitrogens with one attached hydrogen (secondary N) is 1. The average Bonchev–Trinajstić information content (AvgIpc) is 3.01. The number of anilines is 1. The zero-order valence-electron chi connectivity index (χ0n) is 7.99. The molecule has 1 aromatic heterocycles. The second-order valence-corrected chi connectivity index (χ2v) is 3.31. The smallest absolute Gasteiger partial charge is 0.358 e. The van der Waals surface area contributed by atoms with Crippen molar-refractivity contribution in [3.63, 3.8) is 0 Å². The fourth-order valence-corrected chi connectivity index (χ4v) is 1.23. The van der Waals surface area contributed by atoms with Gasteiger partial charge < -0.3 is 10.1 Å². The van der Waals surface area contributed by atoms with Crippen molar-refractivity contribution in [2.45, 2.75) is 18.9 Å². The van der Waals surface area contributed by atoms with Crippen LogP contribution in [0, 0.1) is 0 Å². The van der Waals surface area contributed by atoms with Crippen LogP contribution < -0.4 is 5.32 Å². The molecule has 0 spiro atoms. The van der Waals surface area contributed by atoms with Gasteiger partial charge in [0.15, 0.2) is 5.69 Å². The molecule has 4 nitrogen and oxygen atoms in total. The van der Waals surface area contributed by atoms with Gasteiger partial charge in [-0.2, -0.15) is 0 Å². The lowest BCUT2D eigenvalue weighted by Crippen LogP contribution is -2.11. The molecule has 1 N–H and O–H groups in total. The summed E-state index contributed by atoms with van der Waals surface area (Å²) < 4.78 is 4.64. The van der Waals surface area contributed by atoms with Crippen LogP contribution in [0.25, 0.3) is 0 Å². The summed E-state index contributed by atoms with van der Waals surface area (Å²) in [5.74, 6) is -0.395. The largest absolute Gasteiger partial charge is 0.464 e. The monoisotopic (exact) mass is 192 g/mol. The third-order valence-electron chi connectivity index (χ3n) is 2.12. The predicted molar refractivity (Wildman–Crippen MR) is 52.2 cm³/mol. The van der Waals surface area contributed by atoms with E-state index in [-0.39, 0.29) is 0 Å². The summed E-state index contributed by atoms with van der Waals surface area (Å²) in [6.45, 7) is 0. The standard InChI is InChI=1S/C10H12N2O2/c1-14-10(13)9-8(3-2-6-11-9)12-7-4-5-7/h2-3,6-7,12H,4-5H2,1H3. The lowest BCUT2D eigenvalue weighted by atomic mass is 10.3. The Labute approximate surface area is 82.3 Å². The molecule has 0 saturated heterocycles. The van der Waals surface area contributed by atoms with Crippen LogP contribution in [0.4, 0.5) is 5.69 Å². The van der Waals surface area contributed by atoms with E-state index in [0.29, 0.717) is 11.7 Å². The Kier molecular flexibility index (Phi) is 2.35. The van der Waals surface area contributed by atoms with E-state index in [1.807, 2.05) is 6.07 Å². The fourth-order valence-electron chi connectivity index (χ4n) is 1.23. The SMILES string of the molecule is COC(=O)c1ncccc1NC1CC1. The second kappa shape index (κ2) is 3.65. The van der Waals surface area contributed by atoms with Gasteiger partial charge in [-0.15, -0.1) is 0 Å². The summed E-state index contributed by atoms with van der Waals surface area (Å²) in [6.07, 6.45) is 3.91. The average molecular weight is 192 g/mol. The third-order valence-corrected chi connectivity index (χ3v) is 2.12. The molecular weight excluding hydrogens is 180 g/mol. The van der Waals surface area contributed by atoms with Crippen molar-refractivity contribution >= 4 is 11.7 Å². The predicted octanol–water partition coefficient (Wildman–Crippen LogP) is 1.44. The first-order valence-electron chi connectivity index (χ1n) is 4.61. The molecule has 0 unspecified atom stereocenters. The summed E-state index contributed by atoms with van der Waals surface area (Å²) in [5, 5.41) is 3.24. The Morgan fingerprint density at radius 2 is 2.43 bits per heavy atom. The zero-order valence-corrected chi connectivity index (χ0v) is 7.99. The quantitative estimate of drug-likeness (QED) is 0.736. The first-order chi connectivity index (χ1) is 6.81. The highest BCUT2D eigenvalue weighted by Crippen LogP contribution is 2.25. The van der Waals surface area contributed by atoms with Gasteiger partial charge in [0, 0.05) is 12.2 Å². The van der Waals surface area contributed by atoms with Crippen molar-refractivity contribution in [2.75, 3.05) is 12.4 Å². The van der Waals surface area contributed by atoms with Gasteiger partial charge in [-0.3, -0.25) is 0 Å². The van der Waals surface area contributed by atoms with Gasteiger partial charge in [0.25, 0.3) is 0 Å². The molecule has 4 heteroatoms. The van der Waals surface area contributed by atoms with Crippen molar-refractivity contribution in [3.8, 4) is 0 Å². The zero-order chi connectivity index (χ0) is 9.97. The molecule has 0 bridgehead atoms. The molecule has 14 heavy (non-hydrogen) atoms. The first-order valence-corrected chi connectivity index (χ1v) is 4.61. The van der Waals surface area contributed by atoms with E-state index in [1.54, 1.807) is 12.3 Å². The van der Waals surface area contributed by atoms with Gasteiger partial charge in [0.2, 0.25) is 0 Å². The van der Waals surface area contributed by atoms with Crippen molar-refractivity contribution in [1.29, 1.82) is 0 Å². The highest BCUT2D eigenvalue weighted by atomic mass is 16.5. The Morgan fingerprint density at radius 1 is 1.64 bits per heavy atom. The fraction of sp³-hybridized carbons (Fsp3) is 0.400. The van der Waals surface area contributed by atoms with Crippen LogP contribution in [0.2, 0.25) is 0 Å². The number of esters is 1. The number of carbonyl (C=O) groups is 1. The molecule has 0 amide bonds. The molecule has 2 rings (SSSR count). The van der Waals surface area contributed by atoms with Crippen molar-refractivity contribution < 1.29 is 9.53 Å². The summed E-state index contributed by atoms with van der Waals surface area (Å²) in [5.41, 5.74) is 1.13. The highest BCUT2D eigenvalue weighted by molar-refractivity contribution is 5.93. The number of pyridine rings is 1. The number of ether oxygens (including phenoxy) is 1. The van der Waals surface area contributed by atoms with E-state index < -0.39 is 5.97 Å². The third kappa shape index (κ3) is 1.84. The minimum atomic E-state index is -0.395. The topological polar surface area (TPSA) is 51.2 Å². The number of carbonyl (C=O) groups excluding carboxylic acids is 1. The Hall–Kier alpha value is -1.58. The van der Waals surface area contributed by atoms with Crippen LogP contribution in [0.1, 0.15) is 23.3 Å². The molecular formula is C10H12N2O2.